The van der Waals surface area contributed by atoms with Crippen LogP contribution in [0, 0.1) is 18.3 Å². The van der Waals surface area contributed by atoms with Crippen molar-refractivity contribution in [1.82, 2.24) is 0 Å². The first kappa shape index (κ1) is 13.2. The third-order valence-electron chi connectivity index (χ3n) is 3.18. The molecule has 2 aromatic rings. The van der Waals surface area contributed by atoms with Gasteiger partial charge in [-0.15, -0.1) is 0 Å². The summed E-state index contributed by atoms with van der Waals surface area (Å²) in [7, 11) is 0. The highest BCUT2D eigenvalue weighted by atomic mass is 15.2. The van der Waals surface area contributed by atoms with Gasteiger partial charge in [0.2, 0.25) is 0 Å². The Hall–Kier alpha value is -2.27. The predicted molar refractivity (Wildman–Crippen MR) is 78.9 cm³/mol. The Morgan fingerprint density at radius 3 is 2.47 bits per heavy atom. The summed E-state index contributed by atoms with van der Waals surface area (Å²) in [5.74, 6) is 0. The summed E-state index contributed by atoms with van der Waals surface area (Å²) in [6, 6.07) is 20.7. The molecule has 0 bridgehead atoms. The van der Waals surface area contributed by atoms with Crippen molar-refractivity contribution < 1.29 is 0 Å². The van der Waals surface area contributed by atoms with Crippen molar-refractivity contribution in [2.75, 3.05) is 4.90 Å². The summed E-state index contributed by atoms with van der Waals surface area (Å²) in [4.78, 5) is 2.13. The Labute approximate surface area is 114 Å². The summed E-state index contributed by atoms with van der Waals surface area (Å²) < 4.78 is 0. The minimum absolute atomic E-state index is 0.151. The first-order chi connectivity index (χ1) is 9.20. The molecule has 0 saturated heterocycles. The van der Waals surface area contributed by atoms with Crippen LogP contribution >= 0.6 is 0 Å². The van der Waals surface area contributed by atoms with Crippen LogP contribution < -0.4 is 4.90 Å². The van der Waals surface area contributed by atoms with Crippen molar-refractivity contribution in [2.24, 2.45) is 0 Å². The number of aryl methyl sites for hydroxylation is 1. The molecule has 2 rings (SSSR count). The van der Waals surface area contributed by atoms with Gasteiger partial charge in [0.25, 0.3) is 0 Å². The monoisotopic (exact) mass is 250 g/mol. The lowest BCUT2D eigenvalue weighted by atomic mass is 10.1. The molecule has 2 aromatic carbocycles. The molecule has 2 heteroatoms. The zero-order valence-electron chi connectivity index (χ0n) is 11.4. The van der Waals surface area contributed by atoms with E-state index >= 15 is 0 Å². The fourth-order valence-electron chi connectivity index (χ4n) is 2.11. The molecule has 0 amide bonds. The lowest BCUT2D eigenvalue weighted by Gasteiger charge is -2.27. The normalized spacial score (nSPS) is 11.6. The molecule has 0 aliphatic heterocycles. The van der Waals surface area contributed by atoms with Crippen LogP contribution in [0.25, 0.3) is 0 Å². The highest BCUT2D eigenvalue weighted by molar-refractivity contribution is 5.51. The maximum absolute atomic E-state index is 9.22. The van der Waals surface area contributed by atoms with Crippen molar-refractivity contribution in [2.45, 2.75) is 26.4 Å². The van der Waals surface area contributed by atoms with Crippen molar-refractivity contribution in [3.63, 3.8) is 0 Å². The fraction of sp³-hybridized carbons (Fsp3) is 0.235. The molecule has 0 fully saturated rings. The fourth-order valence-corrected chi connectivity index (χ4v) is 2.11. The number of benzene rings is 2. The zero-order chi connectivity index (χ0) is 13.7. The lowest BCUT2D eigenvalue weighted by molar-refractivity contribution is 0.742. The Balaban J connectivity index is 2.29. The van der Waals surface area contributed by atoms with Crippen LogP contribution in [0.4, 0.5) is 5.69 Å². The third kappa shape index (κ3) is 3.35. The molecule has 0 spiro atoms. The smallest absolute Gasteiger partial charge is 0.114 e. The number of hydrogen-bond donors (Lipinski definition) is 0. The molecule has 19 heavy (non-hydrogen) atoms. The Bertz CT molecular complexity index is 569. The Kier molecular flexibility index (Phi) is 4.20. The van der Waals surface area contributed by atoms with E-state index in [1.165, 1.54) is 11.1 Å². The van der Waals surface area contributed by atoms with Crippen LogP contribution in [-0.2, 0) is 6.54 Å². The number of anilines is 1. The molecule has 0 heterocycles. The lowest BCUT2D eigenvalue weighted by Crippen LogP contribution is -2.31. The van der Waals surface area contributed by atoms with Crippen LogP contribution in [0.5, 0.6) is 0 Å². The van der Waals surface area contributed by atoms with Crippen LogP contribution in [0.2, 0.25) is 0 Å². The van der Waals surface area contributed by atoms with Crippen LogP contribution in [0.1, 0.15) is 18.1 Å². The average molecular weight is 250 g/mol. The molecule has 0 radical (unpaired) electrons. The first-order valence-corrected chi connectivity index (χ1v) is 6.47. The number of rotatable bonds is 4. The largest absolute Gasteiger partial charge is 0.351 e. The minimum atomic E-state index is -0.151. The second-order valence-corrected chi connectivity index (χ2v) is 4.76. The van der Waals surface area contributed by atoms with Crippen molar-refractivity contribution in [3.8, 4) is 6.07 Å². The summed E-state index contributed by atoms with van der Waals surface area (Å²) in [5, 5.41) is 9.22. The summed E-state index contributed by atoms with van der Waals surface area (Å²) >= 11 is 0. The van der Waals surface area contributed by atoms with Crippen molar-refractivity contribution in [3.05, 3.63) is 65.7 Å². The second-order valence-electron chi connectivity index (χ2n) is 4.76. The SMILES string of the molecule is Cc1cccc(N(Cc2ccccc2)C(C)C#N)c1. The Morgan fingerprint density at radius 2 is 1.84 bits per heavy atom. The minimum Gasteiger partial charge on any atom is -0.351 e. The van der Waals surface area contributed by atoms with Gasteiger partial charge in [0.05, 0.1) is 6.07 Å². The molecule has 0 aliphatic carbocycles. The summed E-state index contributed by atoms with van der Waals surface area (Å²) in [6.45, 7) is 4.76. The van der Waals surface area contributed by atoms with Crippen LogP contribution in [-0.4, -0.2) is 6.04 Å². The van der Waals surface area contributed by atoms with E-state index in [1.54, 1.807) is 0 Å². The quantitative estimate of drug-likeness (QED) is 0.822. The van der Waals surface area contributed by atoms with Gasteiger partial charge in [0.1, 0.15) is 6.04 Å². The zero-order valence-corrected chi connectivity index (χ0v) is 11.4. The van der Waals surface area contributed by atoms with Crippen LogP contribution in [0.15, 0.2) is 54.6 Å². The third-order valence-corrected chi connectivity index (χ3v) is 3.18. The average Bonchev–Trinajstić information content (AvgIpc) is 2.45. The van der Waals surface area contributed by atoms with Gasteiger partial charge in [-0.3, -0.25) is 0 Å². The van der Waals surface area contributed by atoms with E-state index in [2.05, 4.69) is 48.2 Å². The van der Waals surface area contributed by atoms with Gasteiger partial charge in [0.15, 0.2) is 0 Å². The van der Waals surface area contributed by atoms with Gasteiger partial charge in [-0.25, -0.2) is 0 Å². The molecule has 0 N–H and O–H groups in total. The van der Waals surface area contributed by atoms with E-state index in [0.717, 1.165) is 12.2 Å². The predicted octanol–water partition coefficient (Wildman–Crippen LogP) is 3.91. The summed E-state index contributed by atoms with van der Waals surface area (Å²) in [6.07, 6.45) is 0. The molecule has 96 valence electrons. The van der Waals surface area contributed by atoms with E-state index in [4.69, 9.17) is 0 Å². The molecule has 0 saturated carbocycles. The van der Waals surface area contributed by atoms with E-state index in [1.807, 2.05) is 31.2 Å². The van der Waals surface area contributed by atoms with E-state index in [9.17, 15) is 5.26 Å². The number of nitriles is 1. The number of nitrogens with zero attached hydrogens (tertiary/aromatic N) is 2. The highest BCUT2D eigenvalue weighted by Gasteiger charge is 2.14. The van der Waals surface area contributed by atoms with Gasteiger partial charge in [-0.2, -0.15) is 5.26 Å². The molecular weight excluding hydrogens is 232 g/mol. The van der Waals surface area contributed by atoms with Crippen molar-refractivity contribution >= 4 is 5.69 Å². The Morgan fingerprint density at radius 1 is 1.11 bits per heavy atom. The van der Waals surface area contributed by atoms with E-state index < -0.39 is 0 Å². The summed E-state index contributed by atoms with van der Waals surface area (Å²) in [5.41, 5.74) is 3.52. The van der Waals surface area contributed by atoms with Gasteiger partial charge in [-0.1, -0.05) is 42.5 Å². The maximum atomic E-state index is 9.22. The van der Waals surface area contributed by atoms with Gasteiger partial charge in [-0.05, 0) is 37.1 Å². The van der Waals surface area contributed by atoms with Gasteiger partial charge < -0.3 is 4.90 Å². The highest BCUT2D eigenvalue weighted by Crippen LogP contribution is 2.21. The van der Waals surface area contributed by atoms with Crippen LogP contribution in [0.3, 0.4) is 0 Å². The molecular formula is C17H18N2. The molecule has 0 aromatic heterocycles. The van der Waals surface area contributed by atoms with Gasteiger partial charge in [0, 0.05) is 12.2 Å². The van der Waals surface area contributed by atoms with Gasteiger partial charge >= 0.3 is 0 Å². The van der Waals surface area contributed by atoms with E-state index in [0.29, 0.717) is 0 Å². The molecule has 2 nitrogen and oxygen atoms in total. The van der Waals surface area contributed by atoms with Crippen molar-refractivity contribution in [1.29, 1.82) is 5.26 Å². The number of hydrogen-bond acceptors (Lipinski definition) is 2. The standard InChI is InChI=1S/C17H18N2/c1-14-7-6-10-17(11-14)19(15(2)12-18)13-16-8-4-3-5-9-16/h3-11,15H,13H2,1-2H3. The molecule has 1 unspecified atom stereocenters. The molecule has 0 aliphatic rings. The topological polar surface area (TPSA) is 27.0 Å². The first-order valence-electron chi connectivity index (χ1n) is 6.47. The maximum Gasteiger partial charge on any atom is 0.114 e. The molecule has 1 atom stereocenters. The second kappa shape index (κ2) is 6.06. The van der Waals surface area contributed by atoms with E-state index in [-0.39, 0.29) is 6.04 Å².